The molecule has 4 nitrogen and oxygen atoms in total. The second-order valence-electron chi connectivity index (χ2n) is 15.4. The molecule has 10 rings (SSSR count). The fourth-order valence-electron chi connectivity index (χ4n) is 7.39. The van der Waals surface area contributed by atoms with E-state index in [0.717, 1.165) is 55.5 Å². The number of rotatable bonds is 5. The second-order valence-corrected chi connectivity index (χ2v) is 28.1. The molecule has 0 spiro atoms. The van der Waals surface area contributed by atoms with Crippen molar-refractivity contribution in [2.24, 2.45) is 0 Å². The molecule has 8 heteroatoms. The monoisotopic (exact) mass is 1020 g/mol. The Bertz CT molecular complexity index is 3250. The van der Waals surface area contributed by atoms with Crippen molar-refractivity contribution in [2.45, 2.75) is 50.8 Å². The summed E-state index contributed by atoms with van der Waals surface area (Å²) in [4.78, 5) is 15.6. The topological polar surface area (TPSA) is 43.6 Å². The van der Waals surface area contributed by atoms with Crippen LogP contribution in [0.5, 0.6) is 0 Å². The molecule has 0 aliphatic rings. The van der Waals surface area contributed by atoms with Crippen molar-refractivity contribution < 1.29 is 25.6 Å². The van der Waals surface area contributed by atoms with Crippen LogP contribution in [0.3, 0.4) is 0 Å². The third kappa shape index (κ3) is 7.41. The minimum absolute atomic E-state index is 0. The number of hydrogen-bond donors (Lipinski definition) is 0. The largest absolute Gasteiger partial charge is 0 e. The summed E-state index contributed by atoms with van der Waals surface area (Å²) in [5.41, 5.74) is 7.98. The van der Waals surface area contributed by atoms with E-state index in [1.807, 2.05) is 50.4 Å². The van der Waals surface area contributed by atoms with Gasteiger partial charge in [-0.25, -0.2) is 4.98 Å². The second kappa shape index (κ2) is 15.7. The van der Waals surface area contributed by atoms with Crippen LogP contribution in [0.2, 0.25) is 17.3 Å². The van der Waals surface area contributed by atoms with Crippen LogP contribution in [0, 0.1) is 25.9 Å². The molecule has 0 saturated carbocycles. The summed E-state index contributed by atoms with van der Waals surface area (Å²) in [6.07, 6.45) is 1.91. The predicted molar refractivity (Wildman–Crippen MR) is 244 cm³/mol. The third-order valence-corrected chi connectivity index (χ3v) is 16.7. The summed E-state index contributed by atoms with van der Waals surface area (Å²) in [5.74, 6) is 7.09. The fourth-order valence-corrected chi connectivity index (χ4v) is 13.0. The number of benzene rings is 5. The fraction of sp³-hybridized carbons (Fsp3) is 0.163. The smallest absolute Gasteiger partial charge is 0 e. The van der Waals surface area contributed by atoms with Crippen molar-refractivity contribution in [2.75, 3.05) is 0 Å². The van der Waals surface area contributed by atoms with E-state index in [2.05, 4.69) is 124 Å². The minimum Gasteiger partial charge on any atom is 0 e. The van der Waals surface area contributed by atoms with Crippen molar-refractivity contribution in [3.8, 4) is 28.3 Å². The molecule has 0 atom stereocenters. The average molecular weight is 1020 g/mol. The zero-order valence-corrected chi connectivity index (χ0v) is 38.6. The summed E-state index contributed by atoms with van der Waals surface area (Å²) >= 11 is 1.42. The van der Waals surface area contributed by atoms with Gasteiger partial charge in [-0.05, 0) is 59.5 Å². The predicted octanol–water partition coefficient (Wildman–Crippen LogP) is 13.5. The molecular formula is C49H42GeIrN4S2-2. The summed E-state index contributed by atoms with van der Waals surface area (Å²) in [6.45, 7) is 3.71. The molecule has 0 aliphatic heterocycles. The Morgan fingerprint density at radius 1 is 0.789 bits per heavy atom. The van der Waals surface area contributed by atoms with Crippen LogP contribution in [0.4, 0.5) is 0 Å². The molecule has 0 amide bonds. The number of nitrogens with zero attached hydrogens (tertiary/aromatic N) is 4. The van der Waals surface area contributed by atoms with Gasteiger partial charge in [0.05, 0.1) is 16.9 Å². The van der Waals surface area contributed by atoms with Gasteiger partial charge in [-0.3, -0.25) is 4.98 Å². The number of pyridine rings is 2. The Balaban J connectivity index is 0.000000181. The van der Waals surface area contributed by atoms with Gasteiger partial charge < -0.3 is 4.57 Å². The van der Waals surface area contributed by atoms with Crippen LogP contribution in [0.1, 0.15) is 42.0 Å². The maximum absolute atomic E-state index is 8.49. The van der Waals surface area contributed by atoms with E-state index in [1.54, 1.807) is 23.5 Å². The Kier molecular flexibility index (Phi) is 9.51. The van der Waals surface area contributed by atoms with E-state index in [9.17, 15) is 0 Å². The van der Waals surface area contributed by atoms with E-state index in [-0.39, 0.29) is 25.7 Å². The van der Waals surface area contributed by atoms with E-state index in [4.69, 9.17) is 15.5 Å². The van der Waals surface area contributed by atoms with Gasteiger partial charge in [0.2, 0.25) is 0 Å². The quantitative estimate of drug-likeness (QED) is 0.127. The number of aromatic nitrogens is 4. The van der Waals surface area contributed by atoms with Crippen LogP contribution < -0.4 is 4.40 Å². The molecule has 0 fully saturated rings. The number of para-hydroxylation sites is 2. The SMILES string of the molecule is Cc1ccc2c(n1)sc1c(-c3nc4ccccc4n3-c3ccc4sc5ccccc5c4c3)[c-]ccc12.[2H]C([2H])([2H])c1c[c-]c(-c2cc(C([2H])(C)C)[c]([Ge]([CH3])([CH3])[CH3])cn2)cc1.[Ir]. The summed E-state index contributed by atoms with van der Waals surface area (Å²) in [7, 11) is 0. The van der Waals surface area contributed by atoms with Gasteiger partial charge in [-0.15, -0.1) is 29.5 Å². The van der Waals surface area contributed by atoms with Gasteiger partial charge in [-0.2, -0.15) is 11.3 Å². The molecule has 10 aromatic rings. The molecule has 0 bridgehead atoms. The first-order valence-electron chi connectivity index (χ1n) is 20.7. The number of fused-ring (bicyclic) bond motifs is 7. The normalized spacial score (nSPS) is 13.2. The van der Waals surface area contributed by atoms with Crippen LogP contribution in [0.15, 0.2) is 121 Å². The molecule has 5 aromatic heterocycles. The van der Waals surface area contributed by atoms with Crippen molar-refractivity contribution in [3.63, 3.8) is 0 Å². The van der Waals surface area contributed by atoms with Crippen LogP contribution >= 0.6 is 22.7 Å². The summed E-state index contributed by atoms with van der Waals surface area (Å²) < 4.78 is 38.1. The molecule has 0 saturated heterocycles. The molecule has 5 heterocycles. The molecule has 5 aromatic carbocycles. The zero-order chi connectivity index (χ0) is 42.1. The molecule has 285 valence electrons. The average Bonchev–Trinajstić information content (AvgIpc) is 3.90. The van der Waals surface area contributed by atoms with Gasteiger partial charge in [-0.1, -0.05) is 47.3 Å². The van der Waals surface area contributed by atoms with Crippen LogP contribution in [-0.2, 0) is 20.1 Å². The summed E-state index contributed by atoms with van der Waals surface area (Å²) in [5, 5.41) is 4.96. The maximum Gasteiger partial charge on any atom is 0 e. The van der Waals surface area contributed by atoms with Gasteiger partial charge >= 0.3 is 131 Å². The standard InChI is InChI=1S/C31H18N3S2.C18H24GeN.Ir/c1-18-13-15-22-21-8-6-9-23(29(21)36-31(22)32-18)30-33-25-10-3-4-11-26(25)34(30)19-14-16-28-24(17-19)20-7-2-5-12-27(20)35-28;1-13(2)16-11-18(15-9-7-14(3)8-10-15)20-12-17(16)19(4,5)6;/h2-8,10-17H,1H3;7-9,11-13H,1-6H3;/q2*-1;/i;3D3,13D;. The number of aryl methyl sites for hydroxylation is 2. The van der Waals surface area contributed by atoms with Crippen LogP contribution in [0.25, 0.3) is 79.8 Å². The Labute approximate surface area is 364 Å². The first-order chi connectivity index (χ1) is 28.5. The van der Waals surface area contributed by atoms with Gasteiger partial charge in [0.15, 0.2) is 0 Å². The minimum atomic E-state index is -2.14. The van der Waals surface area contributed by atoms with E-state index < -0.39 is 26.0 Å². The van der Waals surface area contributed by atoms with E-state index in [0.29, 0.717) is 0 Å². The first kappa shape index (κ1) is 34.5. The maximum atomic E-state index is 8.49. The molecular weight excluding hydrogens is 974 g/mol. The Morgan fingerprint density at radius 3 is 2.39 bits per heavy atom. The number of thiophene rings is 2. The number of hydrogen-bond acceptors (Lipinski definition) is 5. The first-order valence-corrected chi connectivity index (χ1v) is 27.7. The molecule has 0 N–H and O–H groups in total. The van der Waals surface area contributed by atoms with Crippen molar-refractivity contribution >= 4 is 91.8 Å². The van der Waals surface area contributed by atoms with Gasteiger partial charge in [0.25, 0.3) is 0 Å². The zero-order valence-electron chi connectivity index (χ0n) is 36.5. The van der Waals surface area contributed by atoms with Crippen LogP contribution in [-0.4, -0.2) is 32.8 Å². The number of imidazole rings is 1. The third-order valence-electron chi connectivity index (χ3n) is 10.2. The van der Waals surface area contributed by atoms with Crippen molar-refractivity contribution in [3.05, 3.63) is 150 Å². The van der Waals surface area contributed by atoms with Crippen molar-refractivity contribution in [1.82, 2.24) is 19.5 Å². The molecule has 0 unspecified atom stereocenters. The van der Waals surface area contributed by atoms with E-state index >= 15 is 0 Å². The van der Waals surface area contributed by atoms with Crippen molar-refractivity contribution in [1.29, 1.82) is 0 Å². The van der Waals surface area contributed by atoms with Gasteiger partial charge in [0, 0.05) is 51.7 Å². The summed E-state index contributed by atoms with van der Waals surface area (Å²) in [6, 6.07) is 45.6. The molecule has 0 aliphatic carbocycles. The van der Waals surface area contributed by atoms with E-state index in [1.165, 1.54) is 46.1 Å². The Morgan fingerprint density at radius 2 is 1.60 bits per heavy atom. The Hall–Kier alpha value is -4.50. The van der Waals surface area contributed by atoms with Gasteiger partial charge in [0.1, 0.15) is 4.83 Å². The molecule has 57 heavy (non-hydrogen) atoms. The molecule has 1 radical (unpaired) electrons.